The van der Waals surface area contributed by atoms with E-state index in [0.717, 1.165) is 12.2 Å². The van der Waals surface area contributed by atoms with Crippen LogP contribution < -0.4 is 5.32 Å². The number of pyridine rings is 2. The SMILES string of the molecule is Cc1ccc(CNC(C)c2cccnc2)cn1. The minimum absolute atomic E-state index is 0.296. The predicted molar refractivity (Wildman–Crippen MR) is 68.5 cm³/mol. The first-order valence-electron chi connectivity index (χ1n) is 5.80. The van der Waals surface area contributed by atoms with E-state index in [1.165, 1.54) is 11.1 Å². The van der Waals surface area contributed by atoms with Gasteiger partial charge in [-0.1, -0.05) is 12.1 Å². The molecule has 88 valence electrons. The minimum atomic E-state index is 0.296. The van der Waals surface area contributed by atoms with E-state index in [4.69, 9.17) is 0 Å². The smallest absolute Gasteiger partial charge is 0.0372 e. The number of nitrogens with one attached hydrogen (secondary N) is 1. The number of hydrogen-bond acceptors (Lipinski definition) is 3. The van der Waals surface area contributed by atoms with Crippen LogP contribution in [-0.2, 0) is 6.54 Å². The van der Waals surface area contributed by atoms with Crippen LogP contribution >= 0.6 is 0 Å². The molecule has 3 heteroatoms. The minimum Gasteiger partial charge on any atom is -0.306 e. The van der Waals surface area contributed by atoms with Gasteiger partial charge in [0.05, 0.1) is 0 Å². The average molecular weight is 227 g/mol. The molecule has 17 heavy (non-hydrogen) atoms. The highest BCUT2D eigenvalue weighted by Crippen LogP contribution is 2.10. The summed E-state index contributed by atoms with van der Waals surface area (Å²) in [4.78, 5) is 8.40. The van der Waals surface area contributed by atoms with E-state index in [9.17, 15) is 0 Å². The van der Waals surface area contributed by atoms with Crippen molar-refractivity contribution in [2.24, 2.45) is 0 Å². The van der Waals surface area contributed by atoms with Crippen molar-refractivity contribution in [1.82, 2.24) is 15.3 Å². The molecule has 0 bridgehead atoms. The molecule has 0 saturated heterocycles. The fourth-order valence-electron chi connectivity index (χ4n) is 1.62. The molecule has 2 aromatic rings. The molecule has 0 fully saturated rings. The molecule has 0 aliphatic carbocycles. The van der Waals surface area contributed by atoms with Gasteiger partial charge in [0.2, 0.25) is 0 Å². The third-order valence-electron chi connectivity index (χ3n) is 2.77. The van der Waals surface area contributed by atoms with E-state index in [1.54, 1.807) is 6.20 Å². The van der Waals surface area contributed by atoms with Crippen LogP contribution in [0, 0.1) is 6.92 Å². The highest BCUT2D eigenvalue weighted by atomic mass is 14.9. The Morgan fingerprint density at radius 1 is 1.24 bits per heavy atom. The fraction of sp³-hybridized carbons (Fsp3) is 0.286. The van der Waals surface area contributed by atoms with Crippen molar-refractivity contribution in [3.05, 3.63) is 59.7 Å². The van der Waals surface area contributed by atoms with E-state index in [1.807, 2.05) is 31.5 Å². The molecular formula is C14H17N3. The maximum atomic E-state index is 4.28. The molecule has 0 aliphatic heterocycles. The zero-order valence-corrected chi connectivity index (χ0v) is 10.2. The zero-order valence-electron chi connectivity index (χ0n) is 10.2. The van der Waals surface area contributed by atoms with Crippen LogP contribution in [0.1, 0.15) is 29.8 Å². The molecule has 0 aromatic carbocycles. The molecular weight excluding hydrogens is 210 g/mol. The lowest BCUT2D eigenvalue weighted by Gasteiger charge is -2.13. The summed E-state index contributed by atoms with van der Waals surface area (Å²) in [7, 11) is 0. The van der Waals surface area contributed by atoms with E-state index in [2.05, 4.69) is 34.3 Å². The average Bonchev–Trinajstić information content (AvgIpc) is 2.39. The Balaban J connectivity index is 1.92. The zero-order chi connectivity index (χ0) is 12.1. The third-order valence-corrected chi connectivity index (χ3v) is 2.77. The van der Waals surface area contributed by atoms with Gasteiger partial charge in [0.15, 0.2) is 0 Å². The number of hydrogen-bond donors (Lipinski definition) is 1. The van der Waals surface area contributed by atoms with E-state index >= 15 is 0 Å². The lowest BCUT2D eigenvalue weighted by Crippen LogP contribution is -2.18. The fourth-order valence-corrected chi connectivity index (χ4v) is 1.62. The van der Waals surface area contributed by atoms with Gasteiger partial charge in [0.25, 0.3) is 0 Å². The van der Waals surface area contributed by atoms with Gasteiger partial charge >= 0.3 is 0 Å². The Labute approximate surface area is 102 Å². The highest BCUT2D eigenvalue weighted by Gasteiger charge is 2.04. The molecule has 0 spiro atoms. The number of nitrogens with zero attached hydrogens (tertiary/aromatic N) is 2. The topological polar surface area (TPSA) is 37.8 Å². The maximum Gasteiger partial charge on any atom is 0.0372 e. The van der Waals surface area contributed by atoms with Gasteiger partial charge in [-0.25, -0.2) is 0 Å². The first kappa shape index (κ1) is 11.7. The van der Waals surface area contributed by atoms with Crippen LogP contribution in [0.2, 0.25) is 0 Å². The van der Waals surface area contributed by atoms with Gasteiger partial charge in [-0.2, -0.15) is 0 Å². The Morgan fingerprint density at radius 3 is 2.76 bits per heavy atom. The molecule has 1 unspecified atom stereocenters. The van der Waals surface area contributed by atoms with Crippen LogP contribution in [0.15, 0.2) is 42.9 Å². The van der Waals surface area contributed by atoms with Crippen molar-refractivity contribution >= 4 is 0 Å². The molecule has 2 aromatic heterocycles. The van der Waals surface area contributed by atoms with Crippen LogP contribution in [0.3, 0.4) is 0 Å². The molecule has 2 heterocycles. The van der Waals surface area contributed by atoms with Gasteiger partial charge in [-0.15, -0.1) is 0 Å². The quantitative estimate of drug-likeness (QED) is 0.872. The molecule has 0 saturated carbocycles. The third kappa shape index (κ3) is 3.36. The first-order chi connectivity index (χ1) is 8.25. The lowest BCUT2D eigenvalue weighted by atomic mass is 10.1. The summed E-state index contributed by atoms with van der Waals surface area (Å²) in [6.45, 7) is 4.96. The summed E-state index contributed by atoms with van der Waals surface area (Å²) < 4.78 is 0. The van der Waals surface area contributed by atoms with Gasteiger partial charge in [0.1, 0.15) is 0 Å². The number of aromatic nitrogens is 2. The van der Waals surface area contributed by atoms with Crippen molar-refractivity contribution < 1.29 is 0 Å². The Hall–Kier alpha value is -1.74. The van der Waals surface area contributed by atoms with Crippen molar-refractivity contribution in [2.75, 3.05) is 0 Å². The first-order valence-corrected chi connectivity index (χ1v) is 5.80. The normalized spacial score (nSPS) is 12.4. The maximum absolute atomic E-state index is 4.28. The number of rotatable bonds is 4. The lowest BCUT2D eigenvalue weighted by molar-refractivity contribution is 0.572. The molecule has 3 nitrogen and oxygen atoms in total. The van der Waals surface area contributed by atoms with Gasteiger partial charge in [-0.05, 0) is 37.1 Å². The Morgan fingerprint density at radius 2 is 2.12 bits per heavy atom. The largest absolute Gasteiger partial charge is 0.306 e. The molecule has 1 N–H and O–H groups in total. The highest BCUT2D eigenvalue weighted by molar-refractivity contribution is 5.15. The molecule has 0 radical (unpaired) electrons. The van der Waals surface area contributed by atoms with Crippen molar-refractivity contribution in [3.8, 4) is 0 Å². The number of aryl methyl sites for hydroxylation is 1. The molecule has 0 amide bonds. The van der Waals surface area contributed by atoms with Crippen LogP contribution in [0.25, 0.3) is 0 Å². The Kier molecular flexibility index (Phi) is 3.83. The van der Waals surface area contributed by atoms with Gasteiger partial charge in [0, 0.05) is 36.9 Å². The Bertz CT molecular complexity index is 451. The summed E-state index contributed by atoms with van der Waals surface area (Å²) in [6.07, 6.45) is 5.60. The standard InChI is InChI=1S/C14H17N3/c1-11-5-6-13(8-16-11)9-17-12(2)14-4-3-7-15-10-14/h3-8,10,12,17H,9H2,1-2H3. The van der Waals surface area contributed by atoms with Crippen LogP contribution in [0.4, 0.5) is 0 Å². The van der Waals surface area contributed by atoms with Crippen molar-refractivity contribution in [3.63, 3.8) is 0 Å². The monoisotopic (exact) mass is 227 g/mol. The van der Waals surface area contributed by atoms with Crippen LogP contribution in [-0.4, -0.2) is 9.97 Å². The second kappa shape index (κ2) is 5.55. The van der Waals surface area contributed by atoms with Crippen molar-refractivity contribution in [1.29, 1.82) is 0 Å². The molecule has 2 rings (SSSR count). The molecule has 0 aliphatic rings. The predicted octanol–water partition coefficient (Wildman–Crippen LogP) is 2.64. The summed E-state index contributed by atoms with van der Waals surface area (Å²) in [5.41, 5.74) is 3.45. The molecule has 1 atom stereocenters. The second-order valence-electron chi connectivity index (χ2n) is 4.20. The summed E-state index contributed by atoms with van der Waals surface area (Å²) >= 11 is 0. The van der Waals surface area contributed by atoms with E-state index in [-0.39, 0.29) is 0 Å². The summed E-state index contributed by atoms with van der Waals surface area (Å²) in [5.74, 6) is 0. The van der Waals surface area contributed by atoms with Crippen LogP contribution in [0.5, 0.6) is 0 Å². The van der Waals surface area contributed by atoms with Gasteiger partial charge < -0.3 is 5.32 Å². The second-order valence-corrected chi connectivity index (χ2v) is 4.20. The van der Waals surface area contributed by atoms with Gasteiger partial charge in [-0.3, -0.25) is 9.97 Å². The summed E-state index contributed by atoms with van der Waals surface area (Å²) in [5, 5.41) is 3.45. The van der Waals surface area contributed by atoms with E-state index < -0.39 is 0 Å². The van der Waals surface area contributed by atoms with Crippen molar-refractivity contribution in [2.45, 2.75) is 26.4 Å². The summed E-state index contributed by atoms with van der Waals surface area (Å²) in [6, 6.07) is 8.47. The van der Waals surface area contributed by atoms with E-state index in [0.29, 0.717) is 6.04 Å².